The lowest BCUT2D eigenvalue weighted by atomic mass is 10.2. The Hall–Kier alpha value is -1.96. The zero-order valence-corrected chi connectivity index (χ0v) is 12.8. The third-order valence-electron chi connectivity index (χ3n) is 2.70. The lowest BCUT2D eigenvalue weighted by Crippen LogP contribution is -2.39. The van der Waals surface area contributed by atoms with Crippen LogP contribution in [0, 0.1) is 11.8 Å². The molecule has 21 heavy (non-hydrogen) atoms. The van der Waals surface area contributed by atoms with Crippen molar-refractivity contribution in [2.45, 2.75) is 33.2 Å². The van der Waals surface area contributed by atoms with E-state index in [1.54, 1.807) is 19.2 Å². The van der Waals surface area contributed by atoms with Crippen LogP contribution in [0.15, 0.2) is 10.7 Å². The molecule has 0 radical (unpaired) electrons. The first-order valence-electron chi connectivity index (χ1n) is 7.74. The Morgan fingerprint density at radius 3 is 2.86 bits per heavy atom. The van der Waals surface area contributed by atoms with E-state index in [2.05, 4.69) is 15.3 Å². The molecule has 0 fully saturated rings. The number of amides is 1. The average Bonchev–Trinajstić information content (AvgIpc) is 2.85. The van der Waals surface area contributed by atoms with Crippen molar-refractivity contribution >= 4 is 28.9 Å². The van der Waals surface area contributed by atoms with Crippen molar-refractivity contribution in [2.75, 3.05) is 19.0 Å². The van der Waals surface area contributed by atoms with E-state index in [9.17, 15) is 14.5 Å². The molecular weight excluding hydrogens is 294 g/mol. The summed E-state index contributed by atoms with van der Waals surface area (Å²) in [5.41, 5.74) is 0.757. The number of rotatable bonds is 7. The van der Waals surface area contributed by atoms with Crippen LogP contribution in [0.1, 0.15) is 39.5 Å². The molecule has 0 aliphatic carbocycles. The molecule has 1 aromatic rings. The number of methoxy groups -OCH3 is 1. The first kappa shape index (κ1) is 12.8. The summed E-state index contributed by atoms with van der Waals surface area (Å²) in [6.07, 6.45) is 0.441. The monoisotopic (exact) mass is 316 g/mol. The summed E-state index contributed by atoms with van der Waals surface area (Å²) in [7, 11) is 1.20. The van der Waals surface area contributed by atoms with Crippen LogP contribution < -0.4 is 5.32 Å². The predicted molar refractivity (Wildman–Crippen MR) is 81.3 cm³/mol. The highest BCUT2D eigenvalue weighted by Gasteiger charge is 2.24. The molecule has 8 heteroatoms. The molecule has 1 heterocycles. The summed E-state index contributed by atoms with van der Waals surface area (Å²) in [4.78, 5) is 35.3. The quantitative estimate of drug-likeness (QED) is 0.474. The maximum atomic E-state index is 12.5. The van der Waals surface area contributed by atoms with Crippen molar-refractivity contribution in [3.63, 3.8) is 0 Å². The van der Waals surface area contributed by atoms with Crippen molar-refractivity contribution in [2.24, 2.45) is 5.29 Å². The SMILES string of the molecule is [2H]C([2H])([2H])C(C(=O)Nc1c(C)csc1C(=O)OC)N(CCC)N=O. The van der Waals surface area contributed by atoms with Gasteiger partial charge in [-0.25, -0.2) is 9.80 Å². The highest BCUT2D eigenvalue weighted by molar-refractivity contribution is 7.12. The Bertz CT molecular complexity index is 618. The fourth-order valence-electron chi connectivity index (χ4n) is 1.62. The molecular formula is C13H19N3O4S. The van der Waals surface area contributed by atoms with Crippen LogP contribution in [0.25, 0.3) is 0 Å². The maximum Gasteiger partial charge on any atom is 0.350 e. The molecule has 0 saturated carbocycles. The number of aryl methyl sites for hydroxylation is 1. The minimum absolute atomic E-state index is 0.0203. The molecule has 0 bridgehead atoms. The van der Waals surface area contributed by atoms with Gasteiger partial charge in [0.15, 0.2) is 0 Å². The van der Waals surface area contributed by atoms with Crippen molar-refractivity contribution < 1.29 is 18.4 Å². The highest BCUT2D eigenvalue weighted by atomic mass is 32.1. The van der Waals surface area contributed by atoms with Gasteiger partial charge in [-0.15, -0.1) is 16.2 Å². The number of anilines is 1. The van der Waals surface area contributed by atoms with Crippen LogP contribution in [0.5, 0.6) is 0 Å². The van der Waals surface area contributed by atoms with Gasteiger partial charge in [0.05, 0.1) is 18.1 Å². The minimum Gasteiger partial charge on any atom is -0.465 e. The number of carbonyl (C=O) groups is 2. The molecule has 1 atom stereocenters. The zero-order valence-electron chi connectivity index (χ0n) is 15.0. The number of nitrogens with zero attached hydrogens (tertiary/aromatic N) is 2. The van der Waals surface area contributed by atoms with E-state index in [1.165, 1.54) is 7.11 Å². The van der Waals surface area contributed by atoms with Crippen LogP contribution in [0.2, 0.25) is 0 Å². The van der Waals surface area contributed by atoms with Gasteiger partial charge in [-0.1, -0.05) is 6.92 Å². The number of esters is 1. The van der Waals surface area contributed by atoms with Gasteiger partial charge in [-0.3, -0.25) is 4.79 Å². The van der Waals surface area contributed by atoms with Crippen molar-refractivity contribution in [1.29, 1.82) is 0 Å². The summed E-state index contributed by atoms with van der Waals surface area (Å²) in [6.45, 7) is 0.644. The van der Waals surface area contributed by atoms with Gasteiger partial charge in [-0.2, -0.15) is 0 Å². The summed E-state index contributed by atoms with van der Waals surface area (Å²) < 4.78 is 27.2. The number of nitroso groups, excluding NO2 is 1. The second-order valence-electron chi connectivity index (χ2n) is 4.25. The molecule has 0 aromatic carbocycles. The number of hydrogen-bond donors (Lipinski definition) is 1. The molecule has 1 unspecified atom stereocenters. The first-order valence-corrected chi connectivity index (χ1v) is 7.12. The standard InChI is InChI=1S/C13H19N3O4S/c1-5-6-16(15-19)9(3)12(17)14-10-8(2)7-21-11(10)13(18)20-4/h7,9H,5-6H2,1-4H3,(H,14,17)/i3D3. The van der Waals surface area contributed by atoms with Gasteiger partial charge in [0, 0.05) is 10.7 Å². The number of thiophene rings is 1. The Balaban J connectivity index is 3.16. The second-order valence-corrected chi connectivity index (χ2v) is 5.13. The minimum atomic E-state index is -2.76. The van der Waals surface area contributed by atoms with Gasteiger partial charge in [0.25, 0.3) is 0 Å². The predicted octanol–water partition coefficient (Wildman–Crippen LogP) is 2.56. The van der Waals surface area contributed by atoms with E-state index >= 15 is 0 Å². The van der Waals surface area contributed by atoms with Crippen LogP contribution >= 0.6 is 11.3 Å². The average molecular weight is 316 g/mol. The van der Waals surface area contributed by atoms with Crippen LogP contribution in [-0.2, 0) is 9.53 Å². The Labute approximate surface area is 131 Å². The van der Waals surface area contributed by atoms with Crippen LogP contribution in [0.3, 0.4) is 0 Å². The Kier molecular flexibility index (Phi) is 4.69. The third-order valence-corrected chi connectivity index (χ3v) is 3.78. The number of carbonyl (C=O) groups excluding carboxylic acids is 2. The summed E-state index contributed by atoms with van der Waals surface area (Å²) in [5.74, 6) is -1.58. The molecule has 0 aliphatic rings. The van der Waals surface area contributed by atoms with Crippen molar-refractivity contribution in [1.82, 2.24) is 5.01 Å². The largest absolute Gasteiger partial charge is 0.465 e. The molecule has 0 saturated heterocycles. The van der Waals surface area contributed by atoms with Gasteiger partial charge < -0.3 is 10.1 Å². The molecule has 116 valence electrons. The Morgan fingerprint density at radius 2 is 2.33 bits per heavy atom. The smallest absolute Gasteiger partial charge is 0.350 e. The van der Waals surface area contributed by atoms with E-state index in [1.807, 2.05) is 0 Å². The number of nitrogens with one attached hydrogen (secondary N) is 1. The number of ether oxygens (including phenoxy) is 1. The maximum absolute atomic E-state index is 12.5. The van der Waals surface area contributed by atoms with E-state index in [0.717, 1.165) is 11.3 Å². The summed E-state index contributed by atoms with van der Waals surface area (Å²) >= 11 is 1.07. The van der Waals surface area contributed by atoms with E-state index in [-0.39, 0.29) is 17.1 Å². The molecule has 7 nitrogen and oxygen atoms in total. The Morgan fingerprint density at radius 1 is 1.62 bits per heavy atom. The molecule has 1 aromatic heterocycles. The molecule has 1 rings (SSSR count). The molecule has 0 spiro atoms. The van der Waals surface area contributed by atoms with Gasteiger partial charge >= 0.3 is 5.97 Å². The first-order chi connectivity index (χ1) is 11.2. The van der Waals surface area contributed by atoms with Gasteiger partial charge in [0.1, 0.15) is 10.9 Å². The highest BCUT2D eigenvalue weighted by Crippen LogP contribution is 2.28. The lowest BCUT2D eigenvalue weighted by molar-refractivity contribution is -0.120. The van der Waals surface area contributed by atoms with Gasteiger partial charge in [-0.05, 0) is 31.1 Å². The van der Waals surface area contributed by atoms with E-state index in [4.69, 9.17) is 4.11 Å². The molecule has 0 aliphatic heterocycles. The summed E-state index contributed by atoms with van der Waals surface area (Å²) in [5, 5.41) is 7.42. The lowest BCUT2D eigenvalue weighted by Gasteiger charge is -2.21. The molecule has 1 N–H and O–H groups in total. The second kappa shape index (κ2) is 7.72. The molecule has 1 amide bonds. The normalized spacial score (nSPS) is 14.3. The zero-order chi connectivity index (χ0) is 18.5. The van der Waals surface area contributed by atoms with Gasteiger partial charge in [0.2, 0.25) is 5.91 Å². The van der Waals surface area contributed by atoms with Crippen molar-refractivity contribution in [3.05, 3.63) is 20.7 Å². The summed E-state index contributed by atoms with van der Waals surface area (Å²) in [6, 6.07) is -1.75. The fraction of sp³-hybridized carbons (Fsp3) is 0.538. The third kappa shape index (κ3) is 4.01. The van der Waals surface area contributed by atoms with E-state index < -0.39 is 24.8 Å². The van der Waals surface area contributed by atoms with E-state index in [0.29, 0.717) is 17.0 Å². The van der Waals surface area contributed by atoms with Crippen LogP contribution in [-0.4, -0.2) is 36.6 Å². The topological polar surface area (TPSA) is 88.1 Å². The van der Waals surface area contributed by atoms with Crippen LogP contribution in [0.4, 0.5) is 5.69 Å². The van der Waals surface area contributed by atoms with Crippen molar-refractivity contribution in [3.8, 4) is 0 Å². The fourth-order valence-corrected chi connectivity index (χ4v) is 2.54. The number of hydrogen-bond acceptors (Lipinski definition) is 6.